The average Bonchev–Trinajstić information content (AvgIpc) is 3.07. The van der Waals surface area contributed by atoms with Gasteiger partial charge in [-0.15, -0.1) is 0 Å². The maximum absolute atomic E-state index is 13.1. The number of rotatable bonds is 6. The Bertz CT molecular complexity index is 1070. The van der Waals surface area contributed by atoms with E-state index < -0.39 is 16.6 Å². The highest BCUT2D eigenvalue weighted by atomic mass is 32.2. The van der Waals surface area contributed by atoms with Gasteiger partial charge in [-0.25, -0.2) is 14.8 Å². The number of nitrogens with zero attached hydrogens (tertiary/aromatic N) is 4. The number of aromatic nitrogens is 2. The summed E-state index contributed by atoms with van der Waals surface area (Å²) in [4.78, 5) is 27.4. The number of halogens is 1. The van der Waals surface area contributed by atoms with Gasteiger partial charge in [0, 0.05) is 36.6 Å². The summed E-state index contributed by atoms with van der Waals surface area (Å²) in [5.74, 6) is -1.12. The van der Waals surface area contributed by atoms with Gasteiger partial charge in [-0.05, 0) is 36.0 Å². The van der Waals surface area contributed by atoms with Crippen LogP contribution in [0.3, 0.4) is 0 Å². The number of benzene rings is 2. The molecule has 1 amide bonds. The fourth-order valence-electron chi connectivity index (χ4n) is 2.25. The van der Waals surface area contributed by atoms with Crippen molar-refractivity contribution < 1.29 is 14.1 Å². The van der Waals surface area contributed by atoms with Gasteiger partial charge in [0.05, 0.1) is 16.0 Å². The Morgan fingerprint density at radius 3 is 2.86 bits per heavy atom. The molecule has 1 N–H and O–H groups in total. The number of hydrogen-bond donors (Lipinski definition) is 1. The van der Waals surface area contributed by atoms with E-state index in [1.807, 2.05) is 0 Å². The monoisotopic (exact) mass is 399 g/mol. The number of hydrogen-bond acceptors (Lipinski definition) is 6. The Balaban J connectivity index is 1.74. The maximum Gasteiger partial charge on any atom is 0.283 e. The van der Waals surface area contributed by atoms with Crippen LogP contribution in [-0.4, -0.2) is 26.6 Å². The first kappa shape index (κ1) is 19.2. The molecule has 0 radical (unpaired) electrons. The van der Waals surface area contributed by atoms with E-state index in [0.29, 0.717) is 15.6 Å². The van der Waals surface area contributed by atoms with Crippen molar-refractivity contribution in [3.8, 4) is 0 Å². The summed E-state index contributed by atoms with van der Waals surface area (Å²) >= 11 is 1.17. The van der Waals surface area contributed by atoms with E-state index in [1.165, 1.54) is 42.2 Å². The molecular formula is C18H14FN5O3S. The molecule has 0 bridgehead atoms. The van der Waals surface area contributed by atoms with E-state index >= 15 is 0 Å². The van der Waals surface area contributed by atoms with Crippen LogP contribution in [0.25, 0.3) is 0 Å². The lowest BCUT2D eigenvalue weighted by Gasteiger charge is -2.04. The first-order valence-corrected chi connectivity index (χ1v) is 8.78. The number of amides is 1. The lowest BCUT2D eigenvalue weighted by molar-refractivity contribution is -0.387. The van der Waals surface area contributed by atoms with Crippen molar-refractivity contribution in [3.63, 3.8) is 0 Å². The zero-order chi connectivity index (χ0) is 20.1. The van der Waals surface area contributed by atoms with E-state index in [9.17, 15) is 19.3 Å². The van der Waals surface area contributed by atoms with Crippen LogP contribution in [-0.2, 0) is 7.05 Å². The van der Waals surface area contributed by atoms with Crippen LogP contribution in [0, 0.1) is 15.9 Å². The maximum atomic E-state index is 13.1. The third-order valence-corrected chi connectivity index (χ3v) is 4.77. The molecule has 0 fully saturated rings. The largest absolute Gasteiger partial charge is 0.329 e. The van der Waals surface area contributed by atoms with Crippen LogP contribution < -0.4 is 5.43 Å². The first-order chi connectivity index (χ1) is 13.4. The Morgan fingerprint density at radius 1 is 1.36 bits per heavy atom. The number of carbonyl (C=O) groups is 1. The highest BCUT2D eigenvalue weighted by molar-refractivity contribution is 7.99. The molecule has 0 atom stereocenters. The fraction of sp³-hybridized carbons (Fsp3) is 0.0556. The van der Waals surface area contributed by atoms with E-state index in [0.717, 1.165) is 6.07 Å². The molecule has 0 unspecified atom stereocenters. The first-order valence-electron chi connectivity index (χ1n) is 7.96. The number of nitro benzene ring substituents is 1. The molecule has 0 spiro atoms. The van der Waals surface area contributed by atoms with E-state index in [2.05, 4.69) is 15.5 Å². The van der Waals surface area contributed by atoms with Gasteiger partial charge in [-0.3, -0.25) is 14.9 Å². The molecule has 142 valence electrons. The molecule has 0 saturated heterocycles. The van der Waals surface area contributed by atoms with Gasteiger partial charge < -0.3 is 4.57 Å². The molecule has 1 heterocycles. The van der Waals surface area contributed by atoms with Crippen molar-refractivity contribution in [2.75, 3.05) is 0 Å². The van der Waals surface area contributed by atoms with Crippen molar-refractivity contribution in [3.05, 3.63) is 81.9 Å². The lowest BCUT2D eigenvalue weighted by Crippen LogP contribution is -2.17. The topological polar surface area (TPSA) is 102 Å². The van der Waals surface area contributed by atoms with Crippen molar-refractivity contribution in [1.82, 2.24) is 15.0 Å². The van der Waals surface area contributed by atoms with Crippen LogP contribution in [0.5, 0.6) is 0 Å². The number of aryl methyl sites for hydroxylation is 1. The Hall–Kier alpha value is -3.53. The summed E-state index contributed by atoms with van der Waals surface area (Å²) in [6.45, 7) is 0. The van der Waals surface area contributed by atoms with E-state index in [-0.39, 0.29) is 11.3 Å². The number of nitrogens with one attached hydrogen (secondary N) is 1. The van der Waals surface area contributed by atoms with Crippen molar-refractivity contribution in [2.24, 2.45) is 12.1 Å². The van der Waals surface area contributed by atoms with Gasteiger partial charge in [-0.1, -0.05) is 12.1 Å². The number of hydrazone groups is 1. The molecule has 0 saturated carbocycles. The number of nitro groups is 1. The zero-order valence-corrected chi connectivity index (χ0v) is 15.4. The minimum atomic E-state index is -0.591. The Morgan fingerprint density at radius 2 is 2.18 bits per heavy atom. The molecule has 3 rings (SSSR count). The van der Waals surface area contributed by atoms with Gasteiger partial charge in [0.2, 0.25) is 0 Å². The second-order valence-corrected chi connectivity index (χ2v) is 6.63. The summed E-state index contributed by atoms with van der Waals surface area (Å²) in [5.41, 5.74) is 2.70. The fourth-order valence-corrected chi connectivity index (χ4v) is 3.14. The summed E-state index contributed by atoms with van der Waals surface area (Å²) in [6, 6.07) is 9.74. The number of imidazole rings is 1. The van der Waals surface area contributed by atoms with Crippen LogP contribution in [0.1, 0.15) is 15.9 Å². The third-order valence-electron chi connectivity index (χ3n) is 3.62. The minimum absolute atomic E-state index is 0.103. The Labute approximate surface area is 163 Å². The zero-order valence-electron chi connectivity index (χ0n) is 14.6. The molecular weight excluding hydrogens is 385 g/mol. The minimum Gasteiger partial charge on any atom is -0.329 e. The van der Waals surface area contributed by atoms with Gasteiger partial charge in [0.1, 0.15) is 5.82 Å². The number of carbonyl (C=O) groups excluding carboxylic acids is 1. The third kappa shape index (κ3) is 4.60. The molecule has 0 aliphatic heterocycles. The molecule has 2 aromatic carbocycles. The summed E-state index contributed by atoms with van der Waals surface area (Å²) in [7, 11) is 1.80. The van der Waals surface area contributed by atoms with E-state index in [4.69, 9.17) is 0 Å². The summed E-state index contributed by atoms with van der Waals surface area (Å²) < 4.78 is 14.9. The molecule has 8 nitrogen and oxygen atoms in total. The van der Waals surface area contributed by atoms with Gasteiger partial charge in [0.25, 0.3) is 11.6 Å². The average molecular weight is 399 g/mol. The predicted molar refractivity (Wildman–Crippen MR) is 102 cm³/mol. The lowest BCUT2D eigenvalue weighted by atomic mass is 10.2. The Kier molecular flexibility index (Phi) is 5.80. The molecule has 10 heteroatoms. The standard InChI is InChI=1S/C18H14FN5O3S/c1-23-8-7-20-18(23)28-16-6-5-12(9-15(16)24(26)27)11-21-22-17(25)13-3-2-4-14(19)10-13/h2-11H,1H3,(H,22,25)/b21-11-. The van der Waals surface area contributed by atoms with E-state index in [1.54, 1.807) is 36.1 Å². The second-order valence-electron chi connectivity index (χ2n) is 5.62. The summed E-state index contributed by atoms with van der Waals surface area (Å²) in [5, 5.41) is 15.8. The normalized spacial score (nSPS) is 10.9. The predicted octanol–water partition coefficient (Wildman–Crippen LogP) is 3.38. The smallest absolute Gasteiger partial charge is 0.283 e. The van der Waals surface area contributed by atoms with Crippen molar-refractivity contribution >= 4 is 29.6 Å². The quantitative estimate of drug-likeness (QED) is 0.389. The second kappa shape index (κ2) is 8.44. The molecule has 28 heavy (non-hydrogen) atoms. The molecule has 0 aliphatic carbocycles. The molecule has 0 aliphatic rings. The molecule has 1 aromatic heterocycles. The highest BCUT2D eigenvalue weighted by Crippen LogP contribution is 2.34. The SMILES string of the molecule is Cn1ccnc1Sc1ccc(/C=N\NC(=O)c2cccc(F)c2)cc1[N+](=O)[O-]. The van der Waals surface area contributed by atoms with Crippen molar-refractivity contribution in [2.45, 2.75) is 10.1 Å². The van der Waals surface area contributed by atoms with Crippen LogP contribution in [0.15, 0.2) is 70.0 Å². The van der Waals surface area contributed by atoms with Gasteiger partial charge in [0.15, 0.2) is 5.16 Å². The molecule has 3 aromatic rings. The van der Waals surface area contributed by atoms with Crippen LogP contribution in [0.2, 0.25) is 0 Å². The van der Waals surface area contributed by atoms with Gasteiger partial charge >= 0.3 is 0 Å². The van der Waals surface area contributed by atoms with Crippen molar-refractivity contribution in [1.29, 1.82) is 0 Å². The van der Waals surface area contributed by atoms with Crippen LogP contribution in [0.4, 0.5) is 10.1 Å². The highest BCUT2D eigenvalue weighted by Gasteiger charge is 2.17. The van der Waals surface area contributed by atoms with Crippen LogP contribution >= 0.6 is 11.8 Å². The van der Waals surface area contributed by atoms with Gasteiger partial charge in [-0.2, -0.15) is 5.10 Å². The summed E-state index contributed by atoms with van der Waals surface area (Å²) in [6.07, 6.45) is 4.63.